The molecule has 0 aromatic carbocycles. The van der Waals surface area contributed by atoms with Crippen LogP contribution in [0.5, 0.6) is 0 Å². The highest BCUT2D eigenvalue weighted by molar-refractivity contribution is 7.38. The van der Waals surface area contributed by atoms with Crippen LogP contribution >= 0.6 is 22.7 Å². The van der Waals surface area contributed by atoms with Gasteiger partial charge in [0.25, 0.3) is 0 Å². The molecular formula is C10H8O3S2. The van der Waals surface area contributed by atoms with Crippen LogP contribution in [-0.4, -0.2) is 18.9 Å². The van der Waals surface area contributed by atoms with Gasteiger partial charge in [-0.05, 0) is 13.0 Å². The van der Waals surface area contributed by atoms with E-state index in [1.54, 1.807) is 11.4 Å². The van der Waals surface area contributed by atoms with Crippen LogP contribution in [0, 0.1) is 0 Å². The number of ether oxygens (including phenoxy) is 1. The number of carbonyl (C=O) groups excluding carboxylic acids is 2. The summed E-state index contributed by atoms with van der Waals surface area (Å²) in [4.78, 5) is 23.2. The van der Waals surface area contributed by atoms with Gasteiger partial charge in [-0.25, -0.2) is 4.79 Å². The predicted octanol–water partition coefficient (Wildman–Crippen LogP) is 2.95. The number of rotatable bonds is 2. The van der Waals surface area contributed by atoms with Gasteiger partial charge in [0.15, 0.2) is 5.78 Å². The minimum Gasteiger partial charge on any atom is -0.465 e. The maximum Gasteiger partial charge on any atom is 0.339 e. The molecule has 0 amide bonds. The van der Waals surface area contributed by atoms with Crippen LogP contribution in [0.25, 0.3) is 9.40 Å². The number of Topliss-reactive ketones (excluding diaryl/α,β-unsaturated/α-hetero) is 1. The molecule has 0 saturated heterocycles. The molecule has 15 heavy (non-hydrogen) atoms. The lowest BCUT2D eigenvalue weighted by atomic mass is 10.2. The average Bonchev–Trinajstić information content (AvgIpc) is 2.74. The lowest BCUT2D eigenvalue weighted by Gasteiger charge is -1.93. The molecule has 0 spiro atoms. The first-order chi connectivity index (χ1) is 7.13. The monoisotopic (exact) mass is 240 g/mol. The predicted molar refractivity (Wildman–Crippen MR) is 61.0 cm³/mol. The molecule has 3 nitrogen and oxygen atoms in total. The summed E-state index contributed by atoms with van der Waals surface area (Å²) >= 11 is 2.88. The van der Waals surface area contributed by atoms with Crippen molar-refractivity contribution in [3.8, 4) is 0 Å². The van der Waals surface area contributed by atoms with Crippen LogP contribution < -0.4 is 0 Å². The van der Waals surface area contributed by atoms with Crippen LogP contribution in [0.4, 0.5) is 0 Å². The Morgan fingerprint density at radius 3 is 2.73 bits per heavy atom. The molecule has 5 heteroatoms. The molecule has 0 aliphatic carbocycles. The molecule has 0 saturated carbocycles. The summed E-state index contributed by atoms with van der Waals surface area (Å²) in [6, 6.07) is 1.76. The van der Waals surface area contributed by atoms with Gasteiger partial charge in [-0.1, -0.05) is 0 Å². The topological polar surface area (TPSA) is 43.4 Å². The SMILES string of the molecule is COC(=O)c1csc2sc(C(C)=O)cc12. The van der Waals surface area contributed by atoms with E-state index in [0.29, 0.717) is 10.4 Å². The molecule has 78 valence electrons. The van der Waals surface area contributed by atoms with E-state index in [0.717, 1.165) is 9.40 Å². The van der Waals surface area contributed by atoms with Crippen molar-refractivity contribution < 1.29 is 14.3 Å². The second kappa shape index (κ2) is 3.75. The van der Waals surface area contributed by atoms with E-state index in [-0.39, 0.29) is 11.8 Å². The van der Waals surface area contributed by atoms with E-state index in [1.165, 1.54) is 36.7 Å². The third-order valence-corrected chi connectivity index (χ3v) is 4.38. The Morgan fingerprint density at radius 1 is 1.40 bits per heavy atom. The summed E-state index contributed by atoms with van der Waals surface area (Å²) in [5.41, 5.74) is 0.543. The molecule has 0 radical (unpaired) electrons. The van der Waals surface area contributed by atoms with Crippen molar-refractivity contribution in [1.29, 1.82) is 0 Å². The number of ketones is 1. The highest BCUT2D eigenvalue weighted by Gasteiger charge is 2.16. The zero-order chi connectivity index (χ0) is 11.0. The van der Waals surface area contributed by atoms with Gasteiger partial charge in [0.05, 0.1) is 21.6 Å². The van der Waals surface area contributed by atoms with Crippen molar-refractivity contribution in [3.63, 3.8) is 0 Å². The Labute approximate surface area is 94.3 Å². The van der Waals surface area contributed by atoms with Crippen molar-refractivity contribution in [1.82, 2.24) is 0 Å². The Morgan fingerprint density at radius 2 is 2.13 bits per heavy atom. The van der Waals surface area contributed by atoms with Gasteiger partial charge in [0, 0.05) is 10.8 Å². The minimum absolute atomic E-state index is 0.0271. The molecule has 2 aromatic rings. The Balaban J connectivity index is 2.58. The van der Waals surface area contributed by atoms with Gasteiger partial charge in [-0.2, -0.15) is 0 Å². The molecular weight excluding hydrogens is 232 g/mol. The lowest BCUT2D eigenvalue weighted by molar-refractivity contribution is 0.0603. The number of methoxy groups -OCH3 is 1. The molecule has 0 aliphatic heterocycles. The fraction of sp³-hybridized carbons (Fsp3) is 0.200. The standard InChI is InChI=1S/C10H8O3S2/c1-5(11)8-3-6-7(9(12)13-2)4-14-10(6)15-8/h3-4H,1-2H3. The first-order valence-corrected chi connectivity index (χ1v) is 5.93. The average molecular weight is 240 g/mol. The summed E-state index contributed by atoms with van der Waals surface area (Å²) in [6.45, 7) is 1.52. The second-order valence-electron chi connectivity index (χ2n) is 3.01. The summed E-state index contributed by atoms with van der Waals surface area (Å²) in [7, 11) is 1.35. The molecule has 2 heterocycles. The van der Waals surface area contributed by atoms with E-state index >= 15 is 0 Å². The van der Waals surface area contributed by atoms with Crippen molar-refractivity contribution in [3.05, 3.63) is 21.9 Å². The van der Waals surface area contributed by atoms with E-state index in [1.807, 2.05) is 0 Å². The molecule has 2 rings (SSSR count). The van der Waals surface area contributed by atoms with Crippen molar-refractivity contribution in [2.75, 3.05) is 7.11 Å². The third kappa shape index (κ3) is 1.68. The lowest BCUT2D eigenvalue weighted by Crippen LogP contribution is -1.98. The van der Waals surface area contributed by atoms with E-state index < -0.39 is 0 Å². The number of hydrogen-bond donors (Lipinski definition) is 0. The maximum atomic E-state index is 11.4. The summed E-state index contributed by atoms with van der Waals surface area (Å²) in [5.74, 6) is -0.326. The van der Waals surface area contributed by atoms with Crippen molar-refractivity contribution in [2.24, 2.45) is 0 Å². The summed E-state index contributed by atoms with van der Waals surface area (Å²) in [5, 5.41) is 2.58. The highest BCUT2D eigenvalue weighted by Crippen LogP contribution is 2.34. The van der Waals surface area contributed by atoms with E-state index in [2.05, 4.69) is 4.74 Å². The zero-order valence-electron chi connectivity index (χ0n) is 8.20. The van der Waals surface area contributed by atoms with Gasteiger partial charge in [0.2, 0.25) is 0 Å². The second-order valence-corrected chi connectivity index (χ2v) is 5.20. The molecule has 0 bridgehead atoms. The molecule has 2 aromatic heterocycles. The third-order valence-electron chi connectivity index (χ3n) is 2.02. The highest BCUT2D eigenvalue weighted by atomic mass is 32.2. The van der Waals surface area contributed by atoms with Gasteiger partial charge < -0.3 is 4.74 Å². The van der Waals surface area contributed by atoms with E-state index in [9.17, 15) is 9.59 Å². The molecule has 0 fully saturated rings. The Hall–Kier alpha value is -1.20. The van der Waals surface area contributed by atoms with Crippen LogP contribution in [-0.2, 0) is 4.74 Å². The van der Waals surface area contributed by atoms with E-state index in [4.69, 9.17) is 0 Å². The maximum absolute atomic E-state index is 11.4. The van der Waals surface area contributed by atoms with Crippen LogP contribution in [0.3, 0.4) is 0 Å². The Bertz CT molecular complexity index is 536. The fourth-order valence-electron chi connectivity index (χ4n) is 1.27. The fourth-order valence-corrected chi connectivity index (χ4v) is 3.42. The van der Waals surface area contributed by atoms with Gasteiger partial charge >= 0.3 is 5.97 Å². The normalized spacial score (nSPS) is 10.5. The number of hydrogen-bond acceptors (Lipinski definition) is 5. The van der Waals surface area contributed by atoms with Gasteiger partial charge in [0.1, 0.15) is 0 Å². The quantitative estimate of drug-likeness (QED) is 0.598. The summed E-state index contributed by atoms with van der Waals surface area (Å²) < 4.78 is 5.65. The zero-order valence-corrected chi connectivity index (χ0v) is 9.83. The number of esters is 1. The number of carbonyl (C=O) groups is 2. The Kier molecular flexibility index (Phi) is 2.58. The number of fused-ring (bicyclic) bond motifs is 1. The first-order valence-electron chi connectivity index (χ1n) is 4.23. The van der Waals surface area contributed by atoms with Crippen molar-refractivity contribution >= 4 is 43.8 Å². The first kappa shape index (κ1) is 10.3. The molecule has 0 aliphatic rings. The van der Waals surface area contributed by atoms with Crippen molar-refractivity contribution in [2.45, 2.75) is 6.92 Å². The minimum atomic E-state index is -0.353. The van der Waals surface area contributed by atoms with Gasteiger partial charge in [-0.15, -0.1) is 22.7 Å². The van der Waals surface area contributed by atoms with Crippen LogP contribution in [0.2, 0.25) is 0 Å². The smallest absolute Gasteiger partial charge is 0.339 e. The van der Waals surface area contributed by atoms with Crippen LogP contribution in [0.15, 0.2) is 11.4 Å². The van der Waals surface area contributed by atoms with Crippen LogP contribution in [0.1, 0.15) is 27.0 Å². The molecule has 0 atom stereocenters. The largest absolute Gasteiger partial charge is 0.465 e. The van der Waals surface area contributed by atoms with Gasteiger partial charge in [-0.3, -0.25) is 4.79 Å². The molecule has 0 N–H and O–H groups in total. The number of thiophene rings is 2. The summed E-state index contributed by atoms with van der Waals surface area (Å²) in [6.07, 6.45) is 0. The molecule has 0 unspecified atom stereocenters.